The number of nitrogens with zero attached hydrogens (tertiary/aromatic N) is 7. The molecule has 1 aromatic heterocycles. The molecule has 0 atom stereocenters. The van der Waals surface area contributed by atoms with E-state index < -0.39 is 10.9 Å². The van der Waals surface area contributed by atoms with Crippen LogP contribution in [0.1, 0.15) is 53.9 Å². The lowest BCUT2D eigenvalue weighted by Gasteiger charge is -2.37. The Morgan fingerprint density at radius 2 is 1.04 bits per heavy atom. The molecule has 1 saturated heterocycles. The molecule has 2 N–H and O–H groups in total. The third kappa shape index (κ3) is 7.11. The van der Waals surface area contributed by atoms with E-state index >= 15 is 0 Å². The number of nitrogens with one attached hydrogen (secondary N) is 2. The van der Waals surface area contributed by atoms with Crippen molar-refractivity contribution < 1.29 is 0 Å². The van der Waals surface area contributed by atoms with Crippen LogP contribution in [0.3, 0.4) is 0 Å². The number of aromatic nitrogens is 1. The summed E-state index contributed by atoms with van der Waals surface area (Å²) in [6, 6.07) is 23.8. The van der Waals surface area contributed by atoms with Crippen molar-refractivity contribution >= 4 is 85.3 Å². The Morgan fingerprint density at radius 1 is 0.612 bits per heavy atom. The zero-order chi connectivity index (χ0) is 34.1. The van der Waals surface area contributed by atoms with Gasteiger partial charge in [-0.1, -0.05) is 54.6 Å². The van der Waals surface area contributed by atoms with Crippen molar-refractivity contribution in [3.05, 3.63) is 100 Å². The van der Waals surface area contributed by atoms with Crippen molar-refractivity contribution in [1.29, 1.82) is 0 Å². The third-order valence-electron chi connectivity index (χ3n) is 9.19. The van der Waals surface area contributed by atoms with Gasteiger partial charge in [-0.2, -0.15) is 0 Å². The zero-order valence-corrected chi connectivity index (χ0v) is 31.9. The molecule has 0 aliphatic carbocycles. The molecule has 6 aliphatic heterocycles. The number of hydrogen-bond donors (Lipinski definition) is 2. The van der Waals surface area contributed by atoms with Crippen LogP contribution in [0.25, 0.3) is 0 Å². The number of benzene rings is 2. The van der Waals surface area contributed by atoms with E-state index in [2.05, 4.69) is 119 Å². The van der Waals surface area contributed by atoms with Gasteiger partial charge in [0.05, 0.1) is 48.4 Å². The second kappa shape index (κ2) is 14.8. The largest absolute Gasteiger partial charge is 0.358 e. The third-order valence-corrected chi connectivity index (χ3v) is 13.3. The normalized spacial score (nSPS) is 19.2. The predicted octanol–water partition coefficient (Wildman–Crippen LogP) is 5.28. The summed E-state index contributed by atoms with van der Waals surface area (Å²) >= 11 is 23.9. The fraction of sp³-hybridized carbons (Fsp3) is 0.371. The Bertz CT molecular complexity index is 1670. The van der Waals surface area contributed by atoms with Crippen LogP contribution < -0.4 is 10.6 Å². The van der Waals surface area contributed by atoms with E-state index in [0.29, 0.717) is 36.4 Å². The van der Waals surface area contributed by atoms with Crippen molar-refractivity contribution in [1.82, 2.24) is 43.8 Å². The van der Waals surface area contributed by atoms with Gasteiger partial charge in [0.1, 0.15) is 0 Å². The van der Waals surface area contributed by atoms with E-state index in [1.165, 1.54) is 27.4 Å². The molecule has 0 unspecified atom stereocenters. The minimum Gasteiger partial charge on any atom is -0.358 e. The van der Waals surface area contributed by atoms with Crippen LogP contribution in [-0.2, 0) is 39.3 Å². The summed E-state index contributed by atoms with van der Waals surface area (Å²) in [6.45, 7) is 11.6. The predicted molar refractivity (Wildman–Crippen MR) is 215 cm³/mol. The molecule has 3 aromatic rings. The van der Waals surface area contributed by atoms with Gasteiger partial charge in [-0.05, 0) is 104 Å². The van der Waals surface area contributed by atoms with Gasteiger partial charge < -0.3 is 20.4 Å². The quantitative estimate of drug-likeness (QED) is 0.335. The first-order valence-electron chi connectivity index (χ1n) is 16.8. The molecule has 49 heavy (non-hydrogen) atoms. The molecule has 0 radical (unpaired) electrons. The first-order chi connectivity index (χ1) is 23.8. The Kier molecular flexibility index (Phi) is 10.3. The van der Waals surface area contributed by atoms with E-state index in [1.54, 1.807) is 0 Å². The lowest BCUT2D eigenvalue weighted by molar-refractivity contribution is 0.390. The summed E-state index contributed by atoms with van der Waals surface area (Å²) in [7, 11) is -0.392. The van der Waals surface area contributed by atoms with Gasteiger partial charge in [-0.15, -0.1) is 0 Å². The summed E-state index contributed by atoms with van der Waals surface area (Å²) in [5, 5.41) is 11.4. The molecule has 7 heterocycles. The highest BCUT2D eigenvalue weighted by Gasteiger charge is 2.48. The second-order valence-electron chi connectivity index (χ2n) is 12.4. The lowest BCUT2D eigenvalue weighted by Crippen LogP contribution is -2.52. The van der Waals surface area contributed by atoms with Crippen LogP contribution in [0.4, 0.5) is 0 Å². The standard InChI is InChI=1S/C35H41N9S5/c1-3-39-23-29-7-5-8-30(38-29)24-40(4-2)32(46)37-20-26-11-15-28(16-12-26)22-44-34(48)42-18-6-17-41-33(47)43(49(44)35(41)42)21-27-13-9-25(10-14-27)19-36-31(39)45/h5,7-16H,3-4,6,17-24H2,1-2H3,(H,36,45)(H,37,46). The highest BCUT2D eigenvalue weighted by Crippen LogP contribution is 2.45. The maximum absolute atomic E-state index is 6.12. The highest BCUT2D eigenvalue weighted by atomic mass is 32.2. The molecular formula is C35H41N9S5. The van der Waals surface area contributed by atoms with Gasteiger partial charge in [-0.3, -0.25) is 23.4 Å². The molecule has 1 fully saturated rings. The summed E-state index contributed by atoms with van der Waals surface area (Å²) in [4.78, 5) is 13.9. The minimum atomic E-state index is -0.392. The van der Waals surface area contributed by atoms with Gasteiger partial charge in [0.2, 0.25) is 0 Å². The average Bonchev–Trinajstić information content (AvgIpc) is 3.56. The Labute approximate surface area is 313 Å². The van der Waals surface area contributed by atoms with Crippen LogP contribution >= 0.6 is 59.7 Å². The van der Waals surface area contributed by atoms with Gasteiger partial charge in [0, 0.05) is 39.3 Å². The number of hydrogen-bond acceptors (Lipinski definition) is 5. The summed E-state index contributed by atoms with van der Waals surface area (Å²) < 4.78 is 4.74. The fourth-order valence-corrected chi connectivity index (χ4v) is 10.4. The number of rotatable bonds is 2. The number of thiocarbonyl (C=S) groups is 4. The fourth-order valence-electron chi connectivity index (χ4n) is 6.45. The van der Waals surface area contributed by atoms with Crippen molar-refractivity contribution in [2.45, 2.75) is 59.5 Å². The molecule has 0 amide bonds. The van der Waals surface area contributed by atoms with E-state index in [0.717, 1.165) is 67.3 Å². The molecule has 2 aromatic carbocycles. The van der Waals surface area contributed by atoms with E-state index in [1.807, 2.05) is 0 Å². The van der Waals surface area contributed by atoms with Gasteiger partial charge in [0.25, 0.3) is 0 Å². The van der Waals surface area contributed by atoms with E-state index in [4.69, 9.17) is 53.9 Å². The summed E-state index contributed by atoms with van der Waals surface area (Å²) in [5.74, 6) is 0. The van der Waals surface area contributed by atoms with Gasteiger partial charge in [-0.25, -0.2) is 0 Å². The zero-order valence-electron chi connectivity index (χ0n) is 27.8. The molecule has 0 spiro atoms. The van der Waals surface area contributed by atoms with Crippen molar-refractivity contribution in [3.8, 4) is 0 Å². The Balaban J connectivity index is 1.18. The van der Waals surface area contributed by atoms with Gasteiger partial charge >= 0.3 is 0 Å². The number of pyridine rings is 1. The minimum absolute atomic E-state index is 0.392. The van der Waals surface area contributed by atoms with Crippen LogP contribution in [0.2, 0.25) is 0 Å². The van der Waals surface area contributed by atoms with E-state index in [-0.39, 0.29) is 0 Å². The van der Waals surface area contributed by atoms with Crippen molar-refractivity contribution in [2.24, 2.45) is 0 Å². The van der Waals surface area contributed by atoms with Crippen LogP contribution in [0, 0.1) is 0 Å². The maximum atomic E-state index is 6.12. The Morgan fingerprint density at radius 3 is 1.47 bits per heavy atom. The van der Waals surface area contributed by atoms with E-state index in [9.17, 15) is 0 Å². The van der Waals surface area contributed by atoms with Crippen LogP contribution in [0.5, 0.6) is 0 Å². The Hall–Kier alpha value is -3.43. The first kappa shape index (κ1) is 34.0. The molecule has 9 nitrogen and oxygen atoms in total. The first-order valence-corrected chi connectivity index (χ1v) is 19.6. The van der Waals surface area contributed by atoms with Crippen molar-refractivity contribution in [3.63, 3.8) is 0 Å². The van der Waals surface area contributed by atoms with Crippen LogP contribution in [-0.4, -0.2) is 84.9 Å². The molecule has 6 aliphatic rings. The molecule has 6 bridgehead atoms. The molecule has 0 saturated carbocycles. The molecule has 9 rings (SSSR count). The molecule has 14 heteroatoms. The summed E-state index contributed by atoms with van der Waals surface area (Å²) in [5.41, 5.74) is 6.72. The number of fused-ring (bicyclic) bond motifs is 2. The monoisotopic (exact) mass is 747 g/mol. The lowest BCUT2D eigenvalue weighted by atomic mass is 10.1. The smallest absolute Gasteiger partial charge is 0.189 e. The van der Waals surface area contributed by atoms with Crippen LogP contribution in [0.15, 0.2) is 66.7 Å². The summed E-state index contributed by atoms with van der Waals surface area (Å²) in [6.07, 6.45) is 1.03. The maximum Gasteiger partial charge on any atom is 0.189 e. The average molecular weight is 748 g/mol. The highest BCUT2D eigenvalue weighted by molar-refractivity contribution is 8.14. The topological polar surface area (TPSA) is 56.4 Å². The second-order valence-corrected chi connectivity index (χ2v) is 15.7. The molecular weight excluding hydrogens is 707 g/mol. The van der Waals surface area contributed by atoms with Gasteiger partial charge in [0.15, 0.2) is 25.6 Å². The molecule has 256 valence electrons. The SMILES string of the molecule is CCN1Cc2cccc(n2)CN(CC)C(=S)NCc2ccc(cc2)CN2C(=S)N3CCCN4C(=S)N(Cc5ccc(cc5)CNC1=S)S2=C43. The van der Waals surface area contributed by atoms with Crippen molar-refractivity contribution in [2.75, 3.05) is 26.2 Å².